The monoisotopic (exact) mass is 1230 g/mol. The molecule has 4 aromatic heterocycles. The largest absolute Gasteiger partial charge is 0.456 e. The lowest BCUT2D eigenvalue weighted by atomic mass is 9.90. The second-order valence-electron chi connectivity index (χ2n) is 23.5. The predicted molar refractivity (Wildman–Crippen MR) is 373 cm³/mol. The highest BCUT2D eigenvalue weighted by molar-refractivity contribution is 8.27. The van der Waals surface area contributed by atoms with E-state index in [9.17, 15) is 0 Å². The van der Waals surface area contributed by atoms with E-state index in [4.69, 9.17) is 39.6 Å². The molecule has 0 saturated carbocycles. The van der Waals surface area contributed by atoms with E-state index in [1.165, 1.54) is 25.7 Å². The van der Waals surface area contributed by atoms with Gasteiger partial charge in [0.1, 0.15) is 51.2 Å². The summed E-state index contributed by atoms with van der Waals surface area (Å²) in [6, 6.07) is 80.4. The fourth-order valence-corrected chi connectivity index (χ4v) is 24.4. The summed E-state index contributed by atoms with van der Waals surface area (Å²) in [4.78, 5) is 0. The first-order valence-corrected chi connectivity index (χ1v) is 35.4. The van der Waals surface area contributed by atoms with Crippen molar-refractivity contribution in [1.82, 2.24) is 0 Å². The highest BCUT2D eigenvalue weighted by Crippen LogP contribution is 2.62. The van der Waals surface area contributed by atoms with E-state index in [1.807, 2.05) is 47.7 Å². The zero-order valence-electron chi connectivity index (χ0n) is 47.5. The zero-order chi connectivity index (χ0) is 58.5. The Morgan fingerprint density at radius 2 is 1.02 bits per heavy atom. The molecule has 0 fully saturated rings. The van der Waals surface area contributed by atoms with Gasteiger partial charge >= 0.3 is 0 Å². The maximum atomic E-state index is 7.02. The summed E-state index contributed by atoms with van der Waals surface area (Å²) in [5.41, 5.74) is 16.7. The number of hydrogen-bond donors (Lipinski definition) is 0. The van der Waals surface area contributed by atoms with Crippen LogP contribution in [-0.2, 0) is 11.8 Å². The molecule has 4 aliphatic heterocycles. The number of para-hydroxylation sites is 4. The van der Waals surface area contributed by atoms with Crippen LogP contribution in [0.5, 0.6) is 46.0 Å². The van der Waals surface area contributed by atoms with Gasteiger partial charge < -0.3 is 27.8 Å². The van der Waals surface area contributed by atoms with Crippen molar-refractivity contribution in [2.45, 2.75) is 13.8 Å². The summed E-state index contributed by atoms with van der Waals surface area (Å²) in [5, 5.41) is 11.0. The molecule has 20 rings (SSSR count). The maximum absolute atomic E-state index is 7.02. The standard InChI is InChI=1S/C78H44O6P2S3/c1-41-32-63-74-64(33-41)82-72-56-15-4-6-21-60(56)84-77(72)85(74)67-39-46(26-30-61(67)79-63)43-12-9-13-47(36-43)50-16-10-19-55-52-29-25-48(40-70(52)88-76(50)55)49-28-24-44(37-57(49)54-18-11-17-53-51-14-3-5-20-59(51)81-71(53)54)45-27-31-69-58(38-45)73-78(89-69)86(87)68-23-8-7-22-62(68)80-65-34-42(2)35-66(83-73)75(65)86/h3-40H,1-2H3. The average Bonchev–Trinajstić information content (AvgIpc) is 1.74. The fourth-order valence-electron chi connectivity index (χ4n) is 14.2. The third-order valence-corrected chi connectivity index (χ3v) is 28.8. The molecular formula is C78H44O6P2S3. The normalized spacial score (nSPS) is 15.6. The van der Waals surface area contributed by atoms with Gasteiger partial charge in [0, 0.05) is 65.1 Å². The molecule has 8 heterocycles. The number of aryl methyl sites for hydroxylation is 2. The van der Waals surface area contributed by atoms with E-state index >= 15 is 0 Å². The van der Waals surface area contributed by atoms with Crippen molar-refractivity contribution in [3.8, 4) is 102 Å². The molecule has 0 radical (unpaired) electrons. The topological polar surface area (TPSA) is 63.2 Å². The Morgan fingerprint density at radius 1 is 0.382 bits per heavy atom. The van der Waals surface area contributed by atoms with Crippen LogP contribution in [0.3, 0.4) is 0 Å². The molecule has 0 aliphatic carbocycles. The lowest BCUT2D eigenvalue weighted by Crippen LogP contribution is -2.33. The smallest absolute Gasteiger partial charge is 0.181 e. The van der Waals surface area contributed by atoms with Crippen LogP contribution in [-0.4, -0.2) is 0 Å². The van der Waals surface area contributed by atoms with Crippen LogP contribution >= 0.6 is 36.6 Å². The first-order chi connectivity index (χ1) is 43.7. The third-order valence-electron chi connectivity index (χ3n) is 18.2. The number of hydrogen-bond acceptors (Lipinski definition) is 9. The number of thiophene rings is 2. The molecule has 2 atom stereocenters. The minimum absolute atomic E-state index is 0.796. The summed E-state index contributed by atoms with van der Waals surface area (Å²) >= 11 is 10.6. The molecule has 4 aliphatic rings. The molecule has 0 spiro atoms. The Morgan fingerprint density at radius 3 is 1.91 bits per heavy atom. The molecule has 420 valence electrons. The van der Waals surface area contributed by atoms with Crippen molar-refractivity contribution in [3.63, 3.8) is 0 Å². The Bertz CT molecular complexity index is 5920. The van der Waals surface area contributed by atoms with Crippen molar-refractivity contribution >= 4 is 143 Å². The fraction of sp³-hybridized carbons (Fsp3) is 0.0256. The van der Waals surface area contributed by atoms with Crippen LogP contribution in [0.2, 0.25) is 0 Å². The summed E-state index contributed by atoms with van der Waals surface area (Å²) in [6.07, 6.45) is 0. The molecule has 0 N–H and O–H groups in total. The molecule has 11 heteroatoms. The van der Waals surface area contributed by atoms with Gasteiger partial charge in [-0.15, -0.1) is 22.7 Å². The molecule has 0 bridgehead atoms. The minimum Gasteiger partial charge on any atom is -0.456 e. The van der Waals surface area contributed by atoms with Crippen LogP contribution in [0.4, 0.5) is 0 Å². The second-order valence-corrected chi connectivity index (χ2v) is 32.2. The molecule has 0 saturated heterocycles. The number of fused-ring (bicyclic) bond motifs is 18. The lowest BCUT2D eigenvalue weighted by molar-refractivity contribution is 0.463. The van der Waals surface area contributed by atoms with E-state index in [-0.39, 0.29) is 0 Å². The van der Waals surface area contributed by atoms with Crippen molar-refractivity contribution in [3.05, 3.63) is 242 Å². The number of ether oxygens (including phenoxy) is 4. The quantitative estimate of drug-likeness (QED) is 0.159. The average molecular weight is 1240 g/mol. The molecular weight excluding hydrogens is 1190 g/mol. The van der Waals surface area contributed by atoms with Gasteiger partial charge in [0.2, 0.25) is 0 Å². The highest BCUT2D eigenvalue weighted by atomic mass is 32.4. The third kappa shape index (κ3) is 7.25. The highest BCUT2D eigenvalue weighted by Gasteiger charge is 2.45. The molecule has 16 aromatic rings. The van der Waals surface area contributed by atoms with Gasteiger partial charge in [-0.3, -0.25) is 0 Å². The van der Waals surface area contributed by atoms with E-state index < -0.39 is 14.0 Å². The van der Waals surface area contributed by atoms with E-state index in [0.717, 1.165) is 182 Å². The Kier molecular flexibility index (Phi) is 10.5. The number of furan rings is 2. The van der Waals surface area contributed by atoms with Gasteiger partial charge in [0.05, 0.1) is 26.7 Å². The SMILES string of the molecule is Cc1cc2c3c(c1)Oc1c(oc4ccccc14)P3c1cc(-c3cccc(-c4cccc5c4sc4cc(-c6ccc(-c7ccc8sc9c(c8c7)Oc7cc(C)cc8c7P9(=S)c7ccccc7O8)cc6-c6cccc7c6oc6ccccc67)ccc45)c3)ccc1O2. The van der Waals surface area contributed by atoms with Crippen LogP contribution < -0.4 is 50.3 Å². The van der Waals surface area contributed by atoms with Crippen molar-refractivity contribution in [2.24, 2.45) is 0 Å². The van der Waals surface area contributed by atoms with Gasteiger partial charge in [-0.05, 0) is 172 Å². The van der Waals surface area contributed by atoms with E-state index in [2.05, 4.69) is 208 Å². The summed E-state index contributed by atoms with van der Waals surface area (Å²) < 4.78 is 45.2. The maximum Gasteiger partial charge on any atom is 0.181 e. The molecule has 89 heavy (non-hydrogen) atoms. The summed E-state index contributed by atoms with van der Waals surface area (Å²) in [5.74, 6) is 6.62. The molecule has 12 aromatic carbocycles. The molecule has 6 nitrogen and oxygen atoms in total. The Balaban J connectivity index is 0.699. The van der Waals surface area contributed by atoms with Crippen LogP contribution in [0.15, 0.2) is 239 Å². The van der Waals surface area contributed by atoms with E-state index in [1.54, 1.807) is 11.3 Å². The first kappa shape index (κ1) is 50.4. The van der Waals surface area contributed by atoms with Gasteiger partial charge in [0.15, 0.2) is 17.0 Å². The minimum atomic E-state index is -2.52. The first-order valence-electron chi connectivity index (χ1n) is 29.6. The van der Waals surface area contributed by atoms with Crippen LogP contribution in [0, 0.1) is 13.8 Å². The Hall–Kier alpha value is -9.56. The summed E-state index contributed by atoms with van der Waals surface area (Å²) in [6.45, 7) is 4.17. The van der Waals surface area contributed by atoms with Gasteiger partial charge in [-0.25, -0.2) is 0 Å². The summed E-state index contributed by atoms with van der Waals surface area (Å²) in [7, 11) is -1.11. The Labute approximate surface area is 524 Å². The van der Waals surface area contributed by atoms with Crippen molar-refractivity contribution in [2.75, 3.05) is 0 Å². The second kappa shape index (κ2) is 18.5. The van der Waals surface area contributed by atoms with Crippen molar-refractivity contribution < 1.29 is 27.8 Å². The lowest BCUT2D eigenvalue weighted by Gasteiger charge is -2.35. The van der Waals surface area contributed by atoms with E-state index in [0.29, 0.717) is 0 Å². The van der Waals surface area contributed by atoms with Crippen LogP contribution in [0.25, 0.3) is 119 Å². The number of rotatable bonds is 5. The molecule has 2 unspecified atom stereocenters. The van der Waals surface area contributed by atoms with Gasteiger partial charge in [-0.2, -0.15) is 0 Å². The zero-order valence-corrected chi connectivity index (χ0v) is 51.7. The number of benzene rings is 12. The molecule has 0 amide bonds. The van der Waals surface area contributed by atoms with Gasteiger partial charge in [-0.1, -0.05) is 145 Å². The van der Waals surface area contributed by atoms with Crippen molar-refractivity contribution in [1.29, 1.82) is 0 Å². The predicted octanol–water partition coefficient (Wildman–Crippen LogP) is 20.8. The van der Waals surface area contributed by atoms with Gasteiger partial charge in [0.25, 0.3) is 0 Å². The van der Waals surface area contributed by atoms with Crippen LogP contribution in [0.1, 0.15) is 11.1 Å².